The van der Waals surface area contributed by atoms with Gasteiger partial charge in [-0.05, 0) is 19.8 Å². The van der Waals surface area contributed by atoms with E-state index in [1.54, 1.807) is 11.8 Å². The van der Waals surface area contributed by atoms with E-state index in [0.29, 0.717) is 18.1 Å². The van der Waals surface area contributed by atoms with E-state index in [1.165, 1.54) is 12.8 Å². The quantitative estimate of drug-likeness (QED) is 0.615. The van der Waals surface area contributed by atoms with Crippen molar-refractivity contribution in [1.29, 1.82) is 0 Å². The highest BCUT2D eigenvalue weighted by molar-refractivity contribution is 7.99. The van der Waals surface area contributed by atoms with Gasteiger partial charge in [-0.2, -0.15) is 0 Å². The zero-order chi connectivity index (χ0) is 11.5. The molecule has 3 nitrogen and oxygen atoms in total. The fourth-order valence-electron chi connectivity index (χ4n) is 1.86. The molecular weight excluding hydrogens is 244 g/mol. The number of hydrogen-bond donors (Lipinski definition) is 0. The van der Waals surface area contributed by atoms with Crippen LogP contribution in [-0.4, -0.2) is 27.5 Å². The molecule has 2 heterocycles. The van der Waals surface area contributed by atoms with Gasteiger partial charge in [0.05, 0.1) is 30.0 Å². The highest BCUT2D eigenvalue weighted by Crippen LogP contribution is 2.26. The molecule has 0 aromatic carbocycles. The summed E-state index contributed by atoms with van der Waals surface area (Å²) in [5, 5.41) is 1.03. The van der Waals surface area contributed by atoms with Crippen molar-refractivity contribution in [3.8, 4) is 0 Å². The molecule has 1 saturated heterocycles. The molecule has 1 aliphatic heterocycles. The summed E-state index contributed by atoms with van der Waals surface area (Å²) in [6, 6.07) is 0. The van der Waals surface area contributed by atoms with Crippen LogP contribution in [-0.2, 0) is 17.7 Å². The van der Waals surface area contributed by atoms with Crippen LogP contribution in [0.5, 0.6) is 0 Å². The molecular formula is C11H17ClN2OS. The number of alkyl halides is 1. The van der Waals surface area contributed by atoms with Gasteiger partial charge in [0.25, 0.3) is 0 Å². The lowest BCUT2D eigenvalue weighted by Gasteiger charge is -2.10. The lowest BCUT2D eigenvalue weighted by Crippen LogP contribution is -2.11. The predicted molar refractivity (Wildman–Crippen MR) is 67.1 cm³/mol. The van der Waals surface area contributed by atoms with Gasteiger partial charge >= 0.3 is 0 Å². The van der Waals surface area contributed by atoms with E-state index < -0.39 is 0 Å². The van der Waals surface area contributed by atoms with Crippen LogP contribution in [0.15, 0.2) is 11.4 Å². The molecule has 0 saturated carbocycles. The molecule has 2 atom stereocenters. The Morgan fingerprint density at radius 2 is 2.44 bits per heavy atom. The predicted octanol–water partition coefficient (Wildman–Crippen LogP) is 2.82. The molecule has 1 aromatic heterocycles. The van der Waals surface area contributed by atoms with Gasteiger partial charge in [-0.25, -0.2) is 4.98 Å². The highest BCUT2D eigenvalue weighted by atomic mass is 35.5. The number of rotatable bonds is 4. The topological polar surface area (TPSA) is 27.1 Å². The van der Waals surface area contributed by atoms with Crippen LogP contribution >= 0.6 is 23.4 Å². The Morgan fingerprint density at radius 3 is 3.00 bits per heavy atom. The summed E-state index contributed by atoms with van der Waals surface area (Å²) in [5.74, 6) is 1.50. The first kappa shape index (κ1) is 12.3. The van der Waals surface area contributed by atoms with Gasteiger partial charge in [-0.3, -0.25) is 0 Å². The van der Waals surface area contributed by atoms with Gasteiger partial charge in [0.2, 0.25) is 0 Å². The molecule has 0 amide bonds. The maximum atomic E-state index is 5.80. The largest absolute Gasteiger partial charge is 0.374 e. The van der Waals surface area contributed by atoms with Crippen LogP contribution in [0, 0.1) is 0 Å². The molecule has 0 aliphatic carbocycles. The first-order valence-electron chi connectivity index (χ1n) is 5.55. The number of thioether (sulfide) groups is 1. The second-order valence-corrected chi connectivity index (χ2v) is 5.44. The molecule has 2 rings (SSSR count). The minimum absolute atomic E-state index is 0.385. The van der Waals surface area contributed by atoms with Gasteiger partial charge in [0.15, 0.2) is 5.16 Å². The van der Waals surface area contributed by atoms with Crippen molar-refractivity contribution in [3.05, 3.63) is 11.9 Å². The van der Waals surface area contributed by atoms with Gasteiger partial charge in [-0.15, -0.1) is 11.6 Å². The van der Waals surface area contributed by atoms with E-state index in [2.05, 4.69) is 16.5 Å². The van der Waals surface area contributed by atoms with Crippen molar-refractivity contribution in [2.75, 3.05) is 5.75 Å². The average molecular weight is 261 g/mol. The summed E-state index contributed by atoms with van der Waals surface area (Å²) < 4.78 is 7.82. The SMILES string of the molecule is CC1CCC(CSc2ncc(CCl)n2C)O1. The van der Waals surface area contributed by atoms with Crippen LogP contribution in [0.25, 0.3) is 0 Å². The van der Waals surface area contributed by atoms with Gasteiger partial charge < -0.3 is 9.30 Å². The first-order valence-corrected chi connectivity index (χ1v) is 7.07. The second-order valence-electron chi connectivity index (χ2n) is 4.18. The van der Waals surface area contributed by atoms with E-state index in [4.69, 9.17) is 16.3 Å². The maximum Gasteiger partial charge on any atom is 0.168 e. The van der Waals surface area contributed by atoms with E-state index in [0.717, 1.165) is 16.6 Å². The third-order valence-corrected chi connectivity index (χ3v) is 4.35. The van der Waals surface area contributed by atoms with E-state index in [1.807, 2.05) is 13.2 Å². The minimum Gasteiger partial charge on any atom is -0.374 e. The molecule has 5 heteroatoms. The Morgan fingerprint density at radius 1 is 1.62 bits per heavy atom. The molecule has 16 heavy (non-hydrogen) atoms. The Balaban J connectivity index is 1.87. The molecule has 1 aromatic rings. The van der Waals surface area contributed by atoms with Crippen LogP contribution in [0.1, 0.15) is 25.5 Å². The van der Waals surface area contributed by atoms with Crippen LogP contribution < -0.4 is 0 Å². The third kappa shape index (κ3) is 2.73. The Labute approximate surface area is 106 Å². The monoisotopic (exact) mass is 260 g/mol. The summed E-state index contributed by atoms with van der Waals surface area (Å²) in [7, 11) is 2.01. The highest BCUT2D eigenvalue weighted by Gasteiger charge is 2.22. The van der Waals surface area contributed by atoms with Crippen molar-refractivity contribution >= 4 is 23.4 Å². The smallest absolute Gasteiger partial charge is 0.168 e. The molecule has 2 unspecified atom stereocenters. The van der Waals surface area contributed by atoms with E-state index in [-0.39, 0.29) is 0 Å². The molecule has 0 radical (unpaired) electrons. The molecule has 90 valence electrons. The Hall–Kier alpha value is -0.190. The zero-order valence-corrected chi connectivity index (χ0v) is 11.2. The summed E-state index contributed by atoms with van der Waals surface area (Å²) in [4.78, 5) is 4.35. The van der Waals surface area contributed by atoms with Gasteiger partial charge in [0.1, 0.15) is 0 Å². The number of hydrogen-bond acceptors (Lipinski definition) is 3. The van der Waals surface area contributed by atoms with Crippen molar-refractivity contribution in [3.63, 3.8) is 0 Å². The zero-order valence-electron chi connectivity index (χ0n) is 9.65. The fourth-order valence-corrected chi connectivity index (χ4v) is 3.13. The summed E-state index contributed by atoms with van der Waals surface area (Å²) in [5.41, 5.74) is 1.06. The lowest BCUT2D eigenvalue weighted by molar-refractivity contribution is 0.0699. The van der Waals surface area contributed by atoms with Crippen LogP contribution in [0.2, 0.25) is 0 Å². The number of nitrogens with zero attached hydrogens (tertiary/aromatic N) is 2. The fraction of sp³-hybridized carbons (Fsp3) is 0.727. The van der Waals surface area contributed by atoms with Crippen molar-refractivity contribution < 1.29 is 4.74 Å². The van der Waals surface area contributed by atoms with Gasteiger partial charge in [0, 0.05) is 12.8 Å². The third-order valence-electron chi connectivity index (χ3n) is 2.90. The van der Waals surface area contributed by atoms with Gasteiger partial charge in [-0.1, -0.05) is 11.8 Å². The second kappa shape index (κ2) is 5.43. The standard InChI is InChI=1S/C11H17ClN2OS/c1-8-3-4-10(15-8)7-16-11-13-6-9(5-12)14(11)2/h6,8,10H,3-5,7H2,1-2H3. The Kier molecular flexibility index (Phi) is 4.16. The summed E-state index contributed by atoms with van der Waals surface area (Å²) >= 11 is 7.55. The average Bonchev–Trinajstić information content (AvgIpc) is 2.83. The molecule has 1 fully saturated rings. The van der Waals surface area contributed by atoms with E-state index in [9.17, 15) is 0 Å². The normalized spacial score (nSPS) is 25.2. The summed E-state index contributed by atoms with van der Waals surface area (Å²) in [6.45, 7) is 2.14. The van der Waals surface area contributed by atoms with Crippen molar-refractivity contribution in [2.24, 2.45) is 7.05 Å². The summed E-state index contributed by atoms with van der Waals surface area (Å²) in [6.07, 6.45) is 4.99. The number of aromatic nitrogens is 2. The molecule has 1 aliphatic rings. The number of halogens is 1. The molecule has 0 N–H and O–H groups in total. The molecule has 0 spiro atoms. The lowest BCUT2D eigenvalue weighted by atomic mass is 10.2. The van der Waals surface area contributed by atoms with Crippen LogP contribution in [0.3, 0.4) is 0 Å². The number of ether oxygens (including phenoxy) is 1. The Bertz CT molecular complexity index is 356. The maximum absolute atomic E-state index is 5.80. The van der Waals surface area contributed by atoms with E-state index >= 15 is 0 Å². The van der Waals surface area contributed by atoms with Crippen molar-refractivity contribution in [2.45, 2.75) is 43.0 Å². The first-order chi connectivity index (χ1) is 7.70. The number of imidazole rings is 1. The minimum atomic E-state index is 0.385. The van der Waals surface area contributed by atoms with Crippen molar-refractivity contribution in [1.82, 2.24) is 9.55 Å². The molecule has 0 bridgehead atoms. The van der Waals surface area contributed by atoms with Crippen LogP contribution in [0.4, 0.5) is 0 Å².